The van der Waals surface area contributed by atoms with Gasteiger partial charge < -0.3 is 10.2 Å². The minimum atomic E-state index is -6.89. The van der Waals surface area contributed by atoms with Crippen LogP contribution in [0.5, 0.6) is 0 Å². The van der Waals surface area contributed by atoms with Crippen molar-refractivity contribution in [1.29, 1.82) is 0 Å². The Labute approximate surface area is 70.7 Å². The molecule has 0 fully saturated rings. The lowest BCUT2D eigenvalue weighted by atomic mass is 10.1. The predicted octanol–water partition coefficient (Wildman–Crippen LogP) is 1.43. The third-order valence-electron chi connectivity index (χ3n) is 1.15. The topological polar surface area (TPSA) is 40.5 Å². The lowest BCUT2D eigenvalue weighted by Crippen LogP contribution is -2.62. The average molecular weight is 234 g/mol. The average Bonchev–Trinajstić information content (AvgIpc) is 1.81. The smallest absolute Gasteiger partial charge is 0.335 e. The van der Waals surface area contributed by atoms with Crippen molar-refractivity contribution < 1.29 is 45.3 Å². The maximum absolute atomic E-state index is 11.9. The highest BCUT2D eigenvalue weighted by Crippen LogP contribution is 2.50. The second-order valence-electron chi connectivity index (χ2n) is 2.23. The molecule has 0 heterocycles. The normalized spacial score (nSPS) is 15.9. The van der Waals surface area contributed by atoms with Gasteiger partial charge in [-0.05, 0) is 0 Å². The fraction of sp³-hybridized carbons (Fsp3) is 1.00. The molecule has 0 aromatic rings. The van der Waals surface area contributed by atoms with Gasteiger partial charge in [-0.15, -0.1) is 0 Å². The molecule has 2 N–H and O–H groups in total. The van der Waals surface area contributed by atoms with Gasteiger partial charge in [-0.3, -0.25) is 0 Å². The number of hydrogen-bond acceptors (Lipinski definition) is 2. The van der Waals surface area contributed by atoms with Crippen LogP contribution in [0.3, 0.4) is 0 Å². The monoisotopic (exact) mass is 234 g/mol. The molecule has 0 unspecified atom stereocenters. The van der Waals surface area contributed by atoms with Crippen LogP contribution in [0.25, 0.3) is 0 Å². The molecule has 0 spiro atoms. The fourth-order valence-electron chi connectivity index (χ4n) is 0.378. The van der Waals surface area contributed by atoms with Gasteiger partial charge in [0.25, 0.3) is 0 Å². The van der Waals surface area contributed by atoms with Crippen molar-refractivity contribution in [3.8, 4) is 0 Å². The summed E-state index contributed by atoms with van der Waals surface area (Å²) in [5.74, 6) is -13.6. The van der Waals surface area contributed by atoms with Crippen molar-refractivity contribution in [2.45, 2.75) is 24.1 Å². The molecule has 14 heavy (non-hydrogen) atoms. The second-order valence-corrected chi connectivity index (χ2v) is 2.23. The molecule has 0 aromatic carbocycles. The van der Waals surface area contributed by atoms with Crippen LogP contribution < -0.4 is 0 Å². The molecule has 0 aliphatic heterocycles. The first kappa shape index (κ1) is 13.4. The number of hydrogen-bond donors (Lipinski definition) is 2. The molecular weight excluding hydrogens is 232 g/mol. The van der Waals surface area contributed by atoms with E-state index in [1.54, 1.807) is 0 Å². The first-order valence-corrected chi connectivity index (χ1v) is 2.71. The zero-order valence-corrected chi connectivity index (χ0v) is 5.92. The van der Waals surface area contributed by atoms with Crippen LogP contribution in [0.4, 0.5) is 35.1 Å². The van der Waals surface area contributed by atoms with Crippen molar-refractivity contribution in [3.63, 3.8) is 0 Å². The number of alkyl halides is 8. The molecule has 10 heteroatoms. The molecule has 0 aromatic heterocycles. The molecule has 0 aliphatic carbocycles. The molecular formula is C4H2F8O2. The Morgan fingerprint density at radius 2 is 0.857 bits per heavy atom. The third-order valence-corrected chi connectivity index (χ3v) is 1.15. The van der Waals surface area contributed by atoms with Crippen molar-refractivity contribution in [2.75, 3.05) is 0 Å². The lowest BCUT2D eigenvalue weighted by molar-refractivity contribution is -0.455. The molecule has 0 saturated heterocycles. The summed E-state index contributed by atoms with van der Waals surface area (Å²) in [6.07, 6.45) is -6.81. The van der Waals surface area contributed by atoms with Crippen molar-refractivity contribution in [2.24, 2.45) is 0 Å². The van der Waals surface area contributed by atoms with E-state index in [4.69, 9.17) is 10.2 Å². The summed E-state index contributed by atoms with van der Waals surface area (Å²) in [5, 5.41) is 14.8. The third kappa shape index (κ3) is 1.75. The molecule has 0 rings (SSSR count). The lowest BCUT2D eigenvalue weighted by Gasteiger charge is -2.31. The van der Waals surface area contributed by atoms with E-state index in [0.717, 1.165) is 0 Å². The van der Waals surface area contributed by atoms with Crippen LogP contribution >= 0.6 is 0 Å². The quantitative estimate of drug-likeness (QED) is 0.560. The van der Waals surface area contributed by atoms with Gasteiger partial charge in [0.1, 0.15) is 0 Å². The van der Waals surface area contributed by atoms with Crippen molar-refractivity contribution >= 4 is 0 Å². The highest BCUT2D eigenvalue weighted by molar-refractivity contribution is 4.95. The summed E-state index contributed by atoms with van der Waals surface area (Å²) in [6.45, 7) is 0. The molecule has 0 amide bonds. The van der Waals surface area contributed by atoms with E-state index in [0.29, 0.717) is 0 Å². The van der Waals surface area contributed by atoms with Gasteiger partial charge in [0.05, 0.1) is 0 Å². The molecule has 0 saturated carbocycles. The van der Waals surface area contributed by atoms with Crippen LogP contribution in [0.1, 0.15) is 0 Å². The van der Waals surface area contributed by atoms with Gasteiger partial charge >= 0.3 is 24.1 Å². The van der Waals surface area contributed by atoms with E-state index in [9.17, 15) is 35.1 Å². The van der Waals surface area contributed by atoms with E-state index in [1.165, 1.54) is 0 Å². The standard InChI is InChI=1S/C4H2F8O2/c5-1(6,3(9,10)11)2(7,8)4(12,13)14/h13-14H. The summed E-state index contributed by atoms with van der Waals surface area (Å²) in [6, 6.07) is -5.97. The molecule has 0 radical (unpaired) electrons. The SMILES string of the molecule is OC(O)(F)C(F)(F)C(F)(F)C(F)(F)F. The molecule has 0 aliphatic rings. The van der Waals surface area contributed by atoms with Gasteiger partial charge in [0.15, 0.2) is 0 Å². The summed E-state index contributed by atoms with van der Waals surface area (Å²) in [4.78, 5) is 0. The zero-order valence-electron chi connectivity index (χ0n) is 5.92. The molecule has 0 bridgehead atoms. The van der Waals surface area contributed by atoms with Crippen molar-refractivity contribution in [3.05, 3.63) is 0 Å². The maximum Gasteiger partial charge on any atom is 0.460 e. The van der Waals surface area contributed by atoms with Crippen LogP contribution in [0.2, 0.25) is 0 Å². The van der Waals surface area contributed by atoms with E-state index >= 15 is 0 Å². The van der Waals surface area contributed by atoms with Crippen LogP contribution in [0, 0.1) is 0 Å². The van der Waals surface area contributed by atoms with Crippen LogP contribution in [0.15, 0.2) is 0 Å². The van der Waals surface area contributed by atoms with Gasteiger partial charge in [0.2, 0.25) is 0 Å². The number of aliphatic hydroxyl groups is 2. The van der Waals surface area contributed by atoms with Gasteiger partial charge in [-0.25, -0.2) is 0 Å². The second kappa shape index (κ2) is 2.92. The first-order valence-electron chi connectivity index (χ1n) is 2.71. The molecule has 0 atom stereocenters. The minimum Gasteiger partial charge on any atom is -0.335 e. The van der Waals surface area contributed by atoms with Crippen LogP contribution in [-0.4, -0.2) is 34.3 Å². The number of rotatable bonds is 2. The summed E-state index contributed by atoms with van der Waals surface area (Å²) >= 11 is 0. The maximum atomic E-state index is 11.9. The Kier molecular flexibility index (Phi) is 2.79. The Balaban J connectivity index is 5.30. The number of halogens is 8. The Bertz CT molecular complexity index is 188. The summed E-state index contributed by atoms with van der Waals surface area (Å²) in [7, 11) is 0. The van der Waals surface area contributed by atoms with Gasteiger partial charge in [0, 0.05) is 0 Å². The molecule has 86 valence electrons. The largest absolute Gasteiger partial charge is 0.460 e. The van der Waals surface area contributed by atoms with E-state index in [1.807, 2.05) is 0 Å². The highest BCUT2D eigenvalue weighted by atomic mass is 19.4. The molecule has 2 nitrogen and oxygen atoms in total. The van der Waals surface area contributed by atoms with E-state index in [-0.39, 0.29) is 0 Å². The Morgan fingerprint density at radius 1 is 0.571 bits per heavy atom. The van der Waals surface area contributed by atoms with Crippen LogP contribution in [-0.2, 0) is 0 Å². The first-order chi connectivity index (χ1) is 5.75. The van der Waals surface area contributed by atoms with E-state index in [2.05, 4.69) is 0 Å². The van der Waals surface area contributed by atoms with Gasteiger partial charge in [-0.2, -0.15) is 35.1 Å². The minimum absolute atomic E-state index is 5.97. The Hall–Kier alpha value is -0.640. The predicted molar refractivity (Wildman–Crippen MR) is 24.2 cm³/mol. The highest BCUT2D eigenvalue weighted by Gasteiger charge is 2.81. The fourth-order valence-corrected chi connectivity index (χ4v) is 0.378. The Morgan fingerprint density at radius 3 is 0.929 bits per heavy atom. The van der Waals surface area contributed by atoms with Crippen molar-refractivity contribution in [1.82, 2.24) is 0 Å². The zero-order chi connectivity index (χ0) is 12.0. The van der Waals surface area contributed by atoms with Gasteiger partial charge in [-0.1, -0.05) is 0 Å². The summed E-state index contributed by atoms with van der Waals surface area (Å²) < 4.78 is 92.6. The summed E-state index contributed by atoms with van der Waals surface area (Å²) in [5.41, 5.74) is 0. The van der Waals surface area contributed by atoms with E-state index < -0.39 is 24.1 Å².